The number of thiophene rings is 1. The van der Waals surface area contributed by atoms with E-state index in [4.69, 9.17) is 4.74 Å². The molecule has 59 heavy (non-hydrogen) atoms. The monoisotopic (exact) mass is 808 g/mol. The van der Waals surface area contributed by atoms with Crippen molar-refractivity contribution < 1.29 is 29.0 Å². The smallest absolute Gasteiger partial charge is 0.410 e. The van der Waals surface area contributed by atoms with E-state index in [-0.39, 0.29) is 18.4 Å². The molecule has 10 nitrogen and oxygen atoms in total. The molecule has 0 saturated heterocycles. The van der Waals surface area contributed by atoms with Crippen molar-refractivity contribution in [1.29, 1.82) is 0 Å². The first-order chi connectivity index (χ1) is 28.1. The van der Waals surface area contributed by atoms with Gasteiger partial charge >= 0.3 is 12.2 Å². The van der Waals surface area contributed by atoms with Crippen molar-refractivity contribution in [3.05, 3.63) is 141 Å². The van der Waals surface area contributed by atoms with Crippen LogP contribution in [-0.4, -0.2) is 82.5 Å². The molecule has 0 atom stereocenters. The highest BCUT2D eigenvalue weighted by Gasteiger charge is 2.25. The Morgan fingerprint density at radius 1 is 0.475 bits per heavy atom. The lowest BCUT2D eigenvalue weighted by Gasteiger charge is -2.26. The lowest BCUT2D eigenvalue weighted by atomic mass is 9.91. The van der Waals surface area contributed by atoms with Gasteiger partial charge in [0.1, 0.15) is 5.60 Å². The molecule has 7 aromatic rings. The van der Waals surface area contributed by atoms with E-state index < -0.39 is 17.8 Å². The van der Waals surface area contributed by atoms with Gasteiger partial charge in [-0.1, -0.05) is 97.1 Å². The molecule has 0 unspecified atom stereocenters. The van der Waals surface area contributed by atoms with Crippen molar-refractivity contribution in [3.63, 3.8) is 0 Å². The molecule has 7 rings (SSSR count). The van der Waals surface area contributed by atoms with Crippen LogP contribution in [0.5, 0.6) is 0 Å². The molecule has 1 heterocycles. The van der Waals surface area contributed by atoms with Crippen LogP contribution in [0.15, 0.2) is 109 Å². The summed E-state index contributed by atoms with van der Waals surface area (Å²) in [5, 5.41) is 17.4. The molecule has 0 fully saturated rings. The van der Waals surface area contributed by atoms with E-state index >= 15 is 0 Å². The Balaban J connectivity index is 1.14. The van der Waals surface area contributed by atoms with E-state index in [0.29, 0.717) is 29.4 Å². The second-order valence-corrected chi connectivity index (χ2v) is 17.1. The molecule has 0 bridgehead atoms. The zero-order valence-corrected chi connectivity index (χ0v) is 35.2. The van der Waals surface area contributed by atoms with Crippen LogP contribution in [0.4, 0.5) is 9.59 Å². The normalized spacial score (nSPS) is 11.6. The Labute approximate surface area is 347 Å². The number of carbonyl (C=O) groups excluding carboxylic acids is 3. The fourth-order valence-corrected chi connectivity index (χ4v) is 8.80. The molecular formula is C48H48N4O6S. The highest BCUT2D eigenvalue weighted by atomic mass is 32.1. The lowest BCUT2D eigenvalue weighted by molar-refractivity contribution is 0.0286. The van der Waals surface area contributed by atoms with Gasteiger partial charge in [0.15, 0.2) is 0 Å². The summed E-state index contributed by atoms with van der Waals surface area (Å²) < 4.78 is 5.65. The number of hydrogen-bond donors (Lipinski definition) is 1. The van der Waals surface area contributed by atoms with Crippen molar-refractivity contribution in [2.75, 3.05) is 28.2 Å². The minimum absolute atomic E-state index is 0.197. The molecule has 4 amide bonds. The summed E-state index contributed by atoms with van der Waals surface area (Å²) in [5.41, 5.74) is 3.24. The van der Waals surface area contributed by atoms with Gasteiger partial charge in [0.25, 0.3) is 11.8 Å². The third-order valence-corrected chi connectivity index (χ3v) is 11.7. The van der Waals surface area contributed by atoms with Crippen LogP contribution in [0.3, 0.4) is 0 Å². The van der Waals surface area contributed by atoms with Gasteiger partial charge in [0, 0.05) is 54.4 Å². The van der Waals surface area contributed by atoms with Crippen LogP contribution < -0.4 is 0 Å². The van der Waals surface area contributed by atoms with Gasteiger partial charge in [-0.2, -0.15) is 0 Å². The minimum Gasteiger partial charge on any atom is -0.465 e. The number of ether oxygens (including phenoxy) is 1. The number of rotatable bonds is 10. The maximum Gasteiger partial charge on any atom is 0.410 e. The average Bonchev–Trinajstić information content (AvgIpc) is 3.72. The van der Waals surface area contributed by atoms with Gasteiger partial charge in [-0.05, 0) is 98.2 Å². The Morgan fingerprint density at radius 2 is 0.746 bits per heavy atom. The maximum atomic E-state index is 14.1. The van der Waals surface area contributed by atoms with Crippen LogP contribution >= 0.6 is 11.3 Å². The topological polar surface area (TPSA) is 111 Å². The predicted octanol–water partition coefficient (Wildman–Crippen LogP) is 10.4. The van der Waals surface area contributed by atoms with Gasteiger partial charge in [-0.15, -0.1) is 11.3 Å². The Kier molecular flexibility index (Phi) is 11.3. The number of carbonyl (C=O) groups is 4. The number of amides is 4. The third kappa shape index (κ3) is 8.29. The van der Waals surface area contributed by atoms with Crippen LogP contribution in [0.25, 0.3) is 43.1 Å². The van der Waals surface area contributed by atoms with E-state index in [1.165, 1.54) is 16.2 Å². The van der Waals surface area contributed by atoms with Crippen molar-refractivity contribution in [3.8, 4) is 0 Å². The Bertz CT molecular complexity index is 2660. The highest BCUT2D eigenvalue weighted by Crippen LogP contribution is 2.37. The van der Waals surface area contributed by atoms with Crippen LogP contribution in [0.2, 0.25) is 0 Å². The summed E-state index contributed by atoms with van der Waals surface area (Å²) in [7, 11) is 6.83. The molecular weight excluding hydrogens is 761 g/mol. The van der Waals surface area contributed by atoms with Gasteiger partial charge in [0.05, 0.1) is 9.75 Å². The zero-order chi connectivity index (χ0) is 42.2. The van der Waals surface area contributed by atoms with Gasteiger partial charge in [-0.3, -0.25) is 9.59 Å². The van der Waals surface area contributed by atoms with Crippen molar-refractivity contribution in [1.82, 2.24) is 19.6 Å². The number of fused-ring (bicyclic) bond motifs is 4. The fraction of sp³-hybridized carbons (Fsp3) is 0.250. The zero-order valence-electron chi connectivity index (χ0n) is 34.4. The number of carboxylic acid groups (broad SMARTS) is 1. The van der Waals surface area contributed by atoms with Crippen molar-refractivity contribution in [2.24, 2.45) is 0 Å². The van der Waals surface area contributed by atoms with Crippen LogP contribution in [-0.2, 0) is 30.9 Å². The summed E-state index contributed by atoms with van der Waals surface area (Å²) in [5.74, 6) is -0.402. The number of hydrogen-bond acceptors (Lipinski definition) is 6. The SMILES string of the molecule is CN(Cc1c2ccccc2c(CN(C)C(=O)c2ccc(C(=O)N(C)Cc3c4ccccc4c(CN(C)C(=O)OC(C)(C)C)c4ccccc34)s2)c2ccccc12)C(=O)O. The minimum atomic E-state index is -1.01. The summed E-state index contributed by atoms with van der Waals surface area (Å²) in [6, 6.07) is 35.4. The van der Waals surface area contributed by atoms with Gasteiger partial charge in [0.2, 0.25) is 0 Å². The molecule has 1 N–H and O–H groups in total. The summed E-state index contributed by atoms with van der Waals surface area (Å²) in [4.78, 5) is 60.0. The molecule has 0 aliphatic carbocycles. The Morgan fingerprint density at radius 3 is 1.02 bits per heavy atom. The fourth-order valence-electron chi connectivity index (χ4n) is 7.81. The largest absolute Gasteiger partial charge is 0.465 e. The van der Waals surface area contributed by atoms with E-state index in [9.17, 15) is 24.3 Å². The summed E-state index contributed by atoms with van der Waals surface area (Å²) in [6.45, 7) is 6.73. The summed E-state index contributed by atoms with van der Waals surface area (Å²) >= 11 is 1.18. The average molecular weight is 809 g/mol. The highest BCUT2D eigenvalue weighted by molar-refractivity contribution is 7.15. The molecule has 0 saturated carbocycles. The van der Waals surface area contributed by atoms with E-state index in [2.05, 4.69) is 24.3 Å². The van der Waals surface area contributed by atoms with Gasteiger partial charge in [-0.25, -0.2) is 9.59 Å². The first-order valence-electron chi connectivity index (χ1n) is 19.4. The van der Waals surface area contributed by atoms with Crippen LogP contribution in [0, 0.1) is 0 Å². The Hall–Kier alpha value is -6.46. The standard InChI is InChI=1S/C48H48N4O6S/c1-48(2,3)58-47(57)52(7)29-41-36-22-14-10-18-32(36)39(33-19-11-15-23-37(33)41)27-50(5)45(54)43-25-24-42(59-43)44(53)49(4)26-38-30-16-8-12-20-34(30)40(28-51(6)46(55)56)35-21-13-9-17-31(35)38/h8-25H,26-29H2,1-7H3,(H,55,56). The molecule has 0 spiro atoms. The predicted molar refractivity (Wildman–Crippen MR) is 236 cm³/mol. The van der Waals surface area contributed by atoms with Crippen molar-refractivity contribution in [2.45, 2.75) is 52.6 Å². The number of nitrogens with zero attached hydrogens (tertiary/aromatic N) is 4. The second kappa shape index (κ2) is 16.4. The first kappa shape index (κ1) is 40.7. The quantitative estimate of drug-likeness (QED) is 0.138. The van der Waals surface area contributed by atoms with E-state index in [1.807, 2.05) is 93.6 Å². The molecule has 6 aromatic carbocycles. The van der Waals surface area contributed by atoms with Crippen LogP contribution in [0.1, 0.15) is 62.4 Å². The maximum absolute atomic E-state index is 14.1. The molecule has 0 aliphatic heterocycles. The molecule has 0 aliphatic rings. The first-order valence-corrected chi connectivity index (χ1v) is 20.3. The van der Waals surface area contributed by atoms with E-state index in [1.54, 1.807) is 55.0 Å². The molecule has 1 aromatic heterocycles. The van der Waals surface area contributed by atoms with Gasteiger partial charge < -0.3 is 29.4 Å². The number of benzene rings is 6. The molecule has 11 heteroatoms. The third-order valence-electron chi connectivity index (χ3n) is 10.6. The lowest BCUT2D eigenvalue weighted by Crippen LogP contribution is -2.34. The molecule has 302 valence electrons. The second-order valence-electron chi connectivity index (χ2n) is 16.1. The van der Waals surface area contributed by atoms with Crippen molar-refractivity contribution >= 4 is 78.4 Å². The summed E-state index contributed by atoms with van der Waals surface area (Å²) in [6.07, 6.45) is -1.41. The van der Waals surface area contributed by atoms with E-state index in [0.717, 1.165) is 65.3 Å². The molecule has 0 radical (unpaired) electrons.